The first kappa shape index (κ1) is 12.4. The van der Waals surface area contributed by atoms with E-state index in [4.69, 9.17) is 0 Å². The van der Waals surface area contributed by atoms with Gasteiger partial charge in [-0.15, -0.1) is 0 Å². The van der Waals surface area contributed by atoms with Crippen LogP contribution in [0.25, 0.3) is 0 Å². The second-order valence-electron chi connectivity index (χ2n) is 6.07. The summed E-state index contributed by atoms with van der Waals surface area (Å²) in [7, 11) is 2.27. The number of rotatable bonds is 4. The monoisotopic (exact) mass is 225 g/mol. The molecule has 16 heavy (non-hydrogen) atoms. The fourth-order valence-electron chi connectivity index (χ4n) is 3.67. The van der Waals surface area contributed by atoms with Crippen LogP contribution in [0, 0.1) is 5.41 Å². The van der Waals surface area contributed by atoms with E-state index in [0.29, 0.717) is 6.61 Å². The lowest BCUT2D eigenvalue weighted by molar-refractivity contribution is 0.0625. The second kappa shape index (κ2) is 5.50. The van der Waals surface area contributed by atoms with Crippen LogP contribution in [0.3, 0.4) is 0 Å². The fraction of sp³-hybridized carbons (Fsp3) is 1.00. The van der Waals surface area contributed by atoms with Gasteiger partial charge >= 0.3 is 0 Å². The van der Waals surface area contributed by atoms with Gasteiger partial charge in [0.05, 0.1) is 0 Å². The largest absolute Gasteiger partial charge is 0.396 e. The zero-order chi connectivity index (χ0) is 11.4. The van der Waals surface area contributed by atoms with Crippen LogP contribution in [0.1, 0.15) is 57.8 Å². The van der Waals surface area contributed by atoms with Gasteiger partial charge in [0.15, 0.2) is 0 Å². The van der Waals surface area contributed by atoms with Crippen molar-refractivity contribution < 1.29 is 5.11 Å². The minimum absolute atomic E-state index is 0.242. The van der Waals surface area contributed by atoms with Crippen LogP contribution in [-0.4, -0.2) is 36.2 Å². The molecule has 2 heteroatoms. The first-order chi connectivity index (χ1) is 7.76. The van der Waals surface area contributed by atoms with Gasteiger partial charge in [-0.05, 0) is 32.7 Å². The molecule has 0 amide bonds. The molecular weight excluding hydrogens is 198 g/mol. The van der Waals surface area contributed by atoms with Gasteiger partial charge in [0.1, 0.15) is 0 Å². The maximum absolute atomic E-state index is 9.64. The molecule has 0 atom stereocenters. The number of hydrogen-bond donors (Lipinski definition) is 1. The molecule has 2 nitrogen and oxygen atoms in total. The van der Waals surface area contributed by atoms with Gasteiger partial charge in [-0.25, -0.2) is 0 Å². The minimum Gasteiger partial charge on any atom is -0.396 e. The fourth-order valence-corrected chi connectivity index (χ4v) is 3.67. The van der Waals surface area contributed by atoms with Crippen molar-refractivity contribution in [1.82, 2.24) is 4.90 Å². The van der Waals surface area contributed by atoms with E-state index in [2.05, 4.69) is 11.9 Å². The first-order valence-electron chi connectivity index (χ1n) is 7.07. The lowest BCUT2D eigenvalue weighted by Crippen LogP contribution is -2.42. The summed E-state index contributed by atoms with van der Waals surface area (Å²) < 4.78 is 0. The minimum atomic E-state index is 0.242. The van der Waals surface area contributed by atoms with E-state index >= 15 is 0 Å². The van der Waals surface area contributed by atoms with Crippen molar-refractivity contribution in [2.45, 2.75) is 63.8 Å². The third kappa shape index (κ3) is 2.78. The van der Waals surface area contributed by atoms with Gasteiger partial charge in [-0.3, -0.25) is 0 Å². The summed E-state index contributed by atoms with van der Waals surface area (Å²) >= 11 is 0. The van der Waals surface area contributed by atoms with Gasteiger partial charge in [-0.1, -0.05) is 32.1 Å². The van der Waals surface area contributed by atoms with Crippen molar-refractivity contribution >= 4 is 0 Å². The molecule has 0 aromatic rings. The Hall–Kier alpha value is -0.0800. The van der Waals surface area contributed by atoms with E-state index in [1.54, 1.807) is 0 Å². The molecule has 2 fully saturated rings. The highest BCUT2D eigenvalue weighted by atomic mass is 16.3. The van der Waals surface area contributed by atoms with Crippen molar-refractivity contribution in [2.75, 3.05) is 20.2 Å². The Bertz CT molecular complexity index is 205. The Morgan fingerprint density at radius 1 is 1.06 bits per heavy atom. The molecule has 0 bridgehead atoms. The van der Waals surface area contributed by atoms with E-state index in [0.717, 1.165) is 12.6 Å². The molecule has 1 N–H and O–H groups in total. The average Bonchev–Trinajstić information content (AvgIpc) is 2.79. The van der Waals surface area contributed by atoms with Gasteiger partial charge in [0, 0.05) is 24.6 Å². The van der Waals surface area contributed by atoms with Gasteiger partial charge in [0.2, 0.25) is 0 Å². The molecule has 0 aliphatic heterocycles. The highest BCUT2D eigenvalue weighted by Crippen LogP contribution is 2.39. The van der Waals surface area contributed by atoms with E-state index in [-0.39, 0.29) is 5.41 Å². The summed E-state index contributed by atoms with van der Waals surface area (Å²) in [6.45, 7) is 1.51. The highest BCUT2D eigenvalue weighted by molar-refractivity contribution is 4.88. The van der Waals surface area contributed by atoms with E-state index < -0.39 is 0 Å². The zero-order valence-corrected chi connectivity index (χ0v) is 10.7. The lowest BCUT2D eigenvalue weighted by atomic mass is 9.85. The van der Waals surface area contributed by atoms with Gasteiger partial charge in [0.25, 0.3) is 0 Å². The van der Waals surface area contributed by atoms with Crippen LogP contribution in [0.5, 0.6) is 0 Å². The quantitative estimate of drug-likeness (QED) is 0.795. The van der Waals surface area contributed by atoms with Crippen molar-refractivity contribution in [1.29, 1.82) is 0 Å². The maximum Gasteiger partial charge on any atom is 0.0499 e. The van der Waals surface area contributed by atoms with Crippen LogP contribution in [0.15, 0.2) is 0 Å². The summed E-state index contributed by atoms with van der Waals surface area (Å²) in [5, 5.41) is 9.64. The van der Waals surface area contributed by atoms with Crippen LogP contribution in [0.2, 0.25) is 0 Å². The molecule has 2 saturated carbocycles. The molecule has 0 saturated heterocycles. The van der Waals surface area contributed by atoms with Crippen molar-refractivity contribution in [3.05, 3.63) is 0 Å². The maximum atomic E-state index is 9.64. The molecule has 2 aliphatic carbocycles. The van der Waals surface area contributed by atoms with Crippen LogP contribution in [-0.2, 0) is 0 Å². The van der Waals surface area contributed by atoms with Crippen molar-refractivity contribution in [3.8, 4) is 0 Å². The lowest BCUT2D eigenvalue weighted by Gasteiger charge is -2.38. The van der Waals surface area contributed by atoms with Crippen molar-refractivity contribution in [3.63, 3.8) is 0 Å². The molecular formula is C14H27NO. The Labute approximate surface area is 100 Å². The van der Waals surface area contributed by atoms with Crippen LogP contribution < -0.4 is 0 Å². The Morgan fingerprint density at radius 3 is 2.25 bits per heavy atom. The average molecular weight is 225 g/mol. The molecule has 0 spiro atoms. The van der Waals surface area contributed by atoms with Crippen LogP contribution >= 0.6 is 0 Å². The van der Waals surface area contributed by atoms with Gasteiger partial charge in [-0.2, -0.15) is 0 Å². The molecule has 0 radical (unpaired) electrons. The molecule has 0 aromatic carbocycles. The third-order valence-electron chi connectivity index (χ3n) is 4.78. The van der Waals surface area contributed by atoms with Crippen molar-refractivity contribution in [2.24, 2.45) is 5.41 Å². The molecule has 2 rings (SSSR count). The number of hydrogen-bond acceptors (Lipinski definition) is 2. The Balaban J connectivity index is 1.86. The summed E-state index contributed by atoms with van der Waals surface area (Å²) in [5.41, 5.74) is 0.242. The molecule has 0 aromatic heterocycles. The molecule has 94 valence electrons. The summed E-state index contributed by atoms with van der Waals surface area (Å²) in [4.78, 5) is 2.54. The third-order valence-corrected chi connectivity index (χ3v) is 4.78. The number of aliphatic hydroxyl groups excluding tert-OH is 1. The smallest absolute Gasteiger partial charge is 0.0499 e. The highest BCUT2D eigenvalue weighted by Gasteiger charge is 2.35. The Kier molecular flexibility index (Phi) is 4.26. The SMILES string of the molecule is CN(CC1(CO)CCCC1)C1CCCCC1. The first-order valence-corrected chi connectivity index (χ1v) is 7.07. The number of aliphatic hydroxyl groups is 1. The second-order valence-corrected chi connectivity index (χ2v) is 6.07. The van der Waals surface area contributed by atoms with Gasteiger partial charge < -0.3 is 10.0 Å². The molecule has 0 unspecified atom stereocenters. The predicted molar refractivity (Wildman–Crippen MR) is 67.5 cm³/mol. The molecule has 2 aliphatic rings. The summed E-state index contributed by atoms with van der Waals surface area (Å²) in [6.07, 6.45) is 12.1. The van der Waals surface area contributed by atoms with Crippen LogP contribution in [0.4, 0.5) is 0 Å². The van der Waals surface area contributed by atoms with E-state index in [9.17, 15) is 5.11 Å². The van der Waals surface area contributed by atoms with E-state index in [1.165, 1.54) is 57.8 Å². The summed E-state index contributed by atoms with van der Waals surface area (Å²) in [5.74, 6) is 0. The standard InChI is InChI=1S/C14H27NO/c1-15(13-7-3-2-4-8-13)11-14(12-16)9-5-6-10-14/h13,16H,2-12H2,1H3. The number of nitrogens with zero attached hydrogens (tertiary/aromatic N) is 1. The topological polar surface area (TPSA) is 23.5 Å². The van der Waals surface area contributed by atoms with E-state index in [1.807, 2.05) is 0 Å². The Morgan fingerprint density at radius 2 is 1.69 bits per heavy atom. The zero-order valence-electron chi connectivity index (χ0n) is 10.7. The predicted octanol–water partition coefficient (Wildman–Crippen LogP) is 2.80. The normalized spacial score (nSPS) is 26.4. The molecule has 0 heterocycles. The summed E-state index contributed by atoms with van der Waals surface area (Å²) in [6, 6.07) is 0.790.